The van der Waals surface area contributed by atoms with Crippen LogP contribution in [0.5, 0.6) is 0 Å². The van der Waals surface area contributed by atoms with Gasteiger partial charge in [0.1, 0.15) is 0 Å². The lowest BCUT2D eigenvalue weighted by Gasteiger charge is -2.07. The molecule has 104 valence electrons. The lowest BCUT2D eigenvalue weighted by atomic mass is 10.2. The molecular weight excluding hydrogens is 260 g/mol. The summed E-state index contributed by atoms with van der Waals surface area (Å²) in [7, 11) is 1.70. The normalized spacial score (nSPS) is 10.3. The molecule has 0 unspecified atom stereocenters. The van der Waals surface area contributed by atoms with Crippen molar-refractivity contribution in [2.75, 3.05) is 18.9 Å². The maximum atomic E-state index is 13.5. The number of nitrogens with zero attached hydrogens (tertiary/aromatic N) is 1. The van der Waals surface area contributed by atoms with Crippen LogP contribution in [0.2, 0.25) is 0 Å². The number of benzene rings is 1. The third-order valence-corrected chi connectivity index (χ3v) is 2.36. The van der Waals surface area contributed by atoms with Gasteiger partial charge in [-0.2, -0.15) is 0 Å². The number of hydrogen-bond donors (Lipinski definition) is 2. The van der Waals surface area contributed by atoms with E-state index in [9.17, 15) is 23.7 Å². The van der Waals surface area contributed by atoms with E-state index < -0.39 is 33.8 Å². The van der Waals surface area contributed by atoms with Crippen molar-refractivity contribution in [2.45, 2.75) is 12.8 Å². The van der Waals surface area contributed by atoms with Crippen LogP contribution in [0.3, 0.4) is 0 Å². The number of carbonyl (C=O) groups is 1. The molecule has 0 atom stereocenters. The van der Waals surface area contributed by atoms with Crippen molar-refractivity contribution in [3.05, 3.63) is 33.9 Å². The number of halogens is 2. The highest BCUT2D eigenvalue weighted by atomic mass is 19.2. The van der Waals surface area contributed by atoms with Gasteiger partial charge in [-0.25, -0.2) is 8.78 Å². The summed E-state index contributed by atoms with van der Waals surface area (Å²) in [5.41, 5.74) is -1.42. The molecule has 19 heavy (non-hydrogen) atoms. The summed E-state index contributed by atoms with van der Waals surface area (Å²) in [6.07, 6.45) is 0.529. The molecule has 0 bridgehead atoms. The van der Waals surface area contributed by atoms with Crippen LogP contribution in [-0.4, -0.2) is 24.4 Å². The molecule has 0 heterocycles. The summed E-state index contributed by atoms with van der Waals surface area (Å²) < 4.78 is 26.5. The Morgan fingerprint density at radius 2 is 2.11 bits per heavy atom. The fourth-order valence-electron chi connectivity index (χ4n) is 1.44. The van der Waals surface area contributed by atoms with E-state index in [2.05, 4.69) is 5.32 Å². The SMILES string of the molecule is CNCCCC(=O)Nc1c([N+](=O)[O-])ccc(F)c1F. The molecule has 0 saturated carbocycles. The van der Waals surface area contributed by atoms with Crippen LogP contribution >= 0.6 is 0 Å². The number of nitrogens with one attached hydrogen (secondary N) is 2. The maximum Gasteiger partial charge on any atom is 0.296 e. The average Bonchev–Trinajstić information content (AvgIpc) is 2.35. The average molecular weight is 273 g/mol. The first-order chi connectivity index (χ1) is 8.97. The molecule has 2 N–H and O–H groups in total. The third-order valence-electron chi connectivity index (χ3n) is 2.36. The first-order valence-electron chi connectivity index (χ1n) is 5.54. The zero-order valence-electron chi connectivity index (χ0n) is 10.2. The van der Waals surface area contributed by atoms with Gasteiger partial charge in [0.25, 0.3) is 5.69 Å². The molecule has 0 aliphatic carbocycles. The fraction of sp³-hybridized carbons (Fsp3) is 0.364. The van der Waals surface area contributed by atoms with Crippen LogP contribution in [0.1, 0.15) is 12.8 Å². The summed E-state index contributed by atoms with van der Waals surface area (Å²) in [5.74, 6) is -3.30. The largest absolute Gasteiger partial charge is 0.320 e. The van der Waals surface area contributed by atoms with Gasteiger partial charge in [0.05, 0.1) is 4.92 Å². The van der Waals surface area contributed by atoms with Crippen LogP contribution in [0, 0.1) is 21.7 Å². The van der Waals surface area contributed by atoms with Gasteiger partial charge in [-0.05, 0) is 26.1 Å². The van der Waals surface area contributed by atoms with Crippen LogP contribution in [0.25, 0.3) is 0 Å². The predicted molar refractivity (Wildman–Crippen MR) is 64.8 cm³/mol. The monoisotopic (exact) mass is 273 g/mol. The van der Waals surface area contributed by atoms with E-state index in [0.717, 1.165) is 6.07 Å². The molecule has 0 spiro atoms. The summed E-state index contributed by atoms with van der Waals surface area (Å²) in [4.78, 5) is 21.3. The molecule has 0 aromatic heterocycles. The van der Waals surface area contributed by atoms with Gasteiger partial charge in [0, 0.05) is 12.5 Å². The molecule has 0 radical (unpaired) electrons. The second-order valence-corrected chi connectivity index (χ2v) is 3.77. The molecule has 0 aliphatic heterocycles. The Bertz CT molecular complexity index is 494. The van der Waals surface area contributed by atoms with Crippen LogP contribution in [-0.2, 0) is 4.79 Å². The zero-order valence-corrected chi connectivity index (χ0v) is 10.2. The van der Waals surface area contributed by atoms with E-state index in [1.807, 2.05) is 5.32 Å². The Morgan fingerprint density at radius 3 is 2.68 bits per heavy atom. The van der Waals surface area contributed by atoms with Crippen molar-refractivity contribution in [3.8, 4) is 0 Å². The summed E-state index contributed by atoms with van der Waals surface area (Å²) in [6.45, 7) is 0.571. The number of rotatable bonds is 6. The van der Waals surface area contributed by atoms with Gasteiger partial charge >= 0.3 is 0 Å². The third kappa shape index (κ3) is 3.95. The Balaban J connectivity index is 2.89. The minimum absolute atomic E-state index is 0.0496. The molecule has 1 aromatic carbocycles. The second kappa shape index (κ2) is 6.74. The van der Waals surface area contributed by atoms with E-state index >= 15 is 0 Å². The second-order valence-electron chi connectivity index (χ2n) is 3.77. The first kappa shape index (κ1) is 15.0. The standard InChI is InChI=1S/C11H13F2N3O3/c1-14-6-2-3-9(17)15-11-8(16(18)19)5-4-7(12)10(11)13/h4-5,14H,2-3,6H2,1H3,(H,15,17). The molecule has 0 fully saturated rings. The number of amides is 1. The zero-order chi connectivity index (χ0) is 14.4. The number of carbonyl (C=O) groups excluding carboxylic acids is 1. The first-order valence-corrected chi connectivity index (χ1v) is 5.54. The minimum atomic E-state index is -1.43. The maximum absolute atomic E-state index is 13.5. The van der Waals surface area contributed by atoms with E-state index in [4.69, 9.17) is 0 Å². The summed E-state index contributed by atoms with van der Waals surface area (Å²) in [5, 5.41) is 15.5. The van der Waals surface area contributed by atoms with Gasteiger partial charge in [-0.15, -0.1) is 0 Å². The van der Waals surface area contributed by atoms with E-state index in [1.54, 1.807) is 7.05 Å². The van der Waals surface area contributed by atoms with Crippen molar-refractivity contribution >= 4 is 17.3 Å². The molecule has 6 nitrogen and oxygen atoms in total. The molecule has 8 heteroatoms. The van der Waals surface area contributed by atoms with Crippen molar-refractivity contribution < 1.29 is 18.5 Å². The van der Waals surface area contributed by atoms with Gasteiger partial charge in [-0.3, -0.25) is 14.9 Å². The van der Waals surface area contributed by atoms with Crippen molar-refractivity contribution in [3.63, 3.8) is 0 Å². The van der Waals surface area contributed by atoms with Gasteiger partial charge < -0.3 is 10.6 Å². The minimum Gasteiger partial charge on any atom is -0.320 e. The lowest BCUT2D eigenvalue weighted by molar-refractivity contribution is -0.384. The summed E-state index contributed by atoms with van der Waals surface area (Å²) in [6, 6.07) is 1.45. The number of nitro groups is 1. The van der Waals surface area contributed by atoms with E-state index in [0.29, 0.717) is 19.0 Å². The predicted octanol–water partition coefficient (Wildman–Crippen LogP) is 1.81. The fourth-order valence-corrected chi connectivity index (χ4v) is 1.44. The lowest BCUT2D eigenvalue weighted by Crippen LogP contribution is -2.17. The molecular formula is C11H13F2N3O3. The Morgan fingerprint density at radius 1 is 1.42 bits per heavy atom. The number of nitro benzene ring substituents is 1. The highest BCUT2D eigenvalue weighted by molar-refractivity contribution is 5.93. The van der Waals surface area contributed by atoms with Gasteiger partial charge in [-0.1, -0.05) is 0 Å². The molecule has 0 saturated heterocycles. The Hall–Kier alpha value is -2.09. The molecule has 1 aromatic rings. The van der Waals surface area contributed by atoms with Crippen LogP contribution < -0.4 is 10.6 Å². The number of hydrogen-bond acceptors (Lipinski definition) is 4. The van der Waals surface area contributed by atoms with E-state index in [1.165, 1.54) is 0 Å². The van der Waals surface area contributed by atoms with Crippen molar-refractivity contribution in [2.24, 2.45) is 0 Å². The quantitative estimate of drug-likeness (QED) is 0.470. The number of anilines is 1. The Kier molecular flexibility index (Phi) is 5.31. The van der Waals surface area contributed by atoms with Gasteiger partial charge in [0.2, 0.25) is 5.91 Å². The van der Waals surface area contributed by atoms with Crippen molar-refractivity contribution in [1.29, 1.82) is 0 Å². The smallest absolute Gasteiger partial charge is 0.296 e. The van der Waals surface area contributed by atoms with Crippen LogP contribution in [0.4, 0.5) is 20.2 Å². The highest BCUT2D eigenvalue weighted by Gasteiger charge is 2.23. The van der Waals surface area contributed by atoms with Crippen molar-refractivity contribution in [1.82, 2.24) is 5.32 Å². The highest BCUT2D eigenvalue weighted by Crippen LogP contribution is 2.29. The summed E-state index contributed by atoms with van der Waals surface area (Å²) >= 11 is 0. The molecule has 0 aliphatic rings. The Labute approximate surface area is 108 Å². The van der Waals surface area contributed by atoms with Crippen LogP contribution in [0.15, 0.2) is 12.1 Å². The van der Waals surface area contributed by atoms with E-state index in [-0.39, 0.29) is 6.42 Å². The molecule has 1 rings (SSSR count). The van der Waals surface area contributed by atoms with Gasteiger partial charge in [0.15, 0.2) is 17.3 Å². The topological polar surface area (TPSA) is 84.3 Å². The molecule has 1 amide bonds.